The number of halogens is 2. The number of nitrogens with two attached hydrogens (primary N) is 1. The molecule has 1 aromatic carbocycles. The van der Waals surface area contributed by atoms with Crippen LogP contribution in [0.4, 0.5) is 11.4 Å². The Bertz CT molecular complexity index is 345. The van der Waals surface area contributed by atoms with Crippen molar-refractivity contribution in [2.45, 2.75) is 12.8 Å². The van der Waals surface area contributed by atoms with Gasteiger partial charge in [-0.3, -0.25) is 0 Å². The topological polar surface area (TPSA) is 38.0 Å². The minimum Gasteiger partial charge on any atom is -0.397 e. The number of nitrogens with one attached hydrogen (secondary N) is 1. The SMILES string of the molecule is CSCCCCNc1cc(Cl)c(Cl)cc1N. The van der Waals surface area contributed by atoms with Crippen molar-refractivity contribution in [2.24, 2.45) is 0 Å². The summed E-state index contributed by atoms with van der Waals surface area (Å²) in [6.45, 7) is 0.905. The van der Waals surface area contributed by atoms with Gasteiger partial charge in [-0.2, -0.15) is 11.8 Å². The van der Waals surface area contributed by atoms with Crippen LogP contribution in [0.15, 0.2) is 12.1 Å². The van der Waals surface area contributed by atoms with Crippen LogP contribution in [0.3, 0.4) is 0 Å². The van der Waals surface area contributed by atoms with Gasteiger partial charge >= 0.3 is 0 Å². The van der Waals surface area contributed by atoms with E-state index in [1.54, 1.807) is 12.1 Å². The van der Waals surface area contributed by atoms with Crippen molar-refractivity contribution in [3.63, 3.8) is 0 Å². The van der Waals surface area contributed by atoms with Crippen LogP contribution >= 0.6 is 35.0 Å². The van der Waals surface area contributed by atoms with Crippen molar-refractivity contribution >= 4 is 46.3 Å². The van der Waals surface area contributed by atoms with Crippen LogP contribution in [0.1, 0.15) is 12.8 Å². The van der Waals surface area contributed by atoms with Gasteiger partial charge in [-0.25, -0.2) is 0 Å². The minimum absolute atomic E-state index is 0.493. The number of hydrogen-bond donors (Lipinski definition) is 2. The van der Waals surface area contributed by atoms with E-state index < -0.39 is 0 Å². The molecule has 0 saturated heterocycles. The lowest BCUT2D eigenvalue weighted by Crippen LogP contribution is -2.04. The number of thioether (sulfide) groups is 1. The maximum atomic E-state index is 5.92. The molecule has 2 nitrogen and oxygen atoms in total. The van der Waals surface area contributed by atoms with Crippen LogP contribution < -0.4 is 11.1 Å². The van der Waals surface area contributed by atoms with Crippen molar-refractivity contribution in [3.05, 3.63) is 22.2 Å². The maximum Gasteiger partial charge on any atom is 0.0614 e. The first kappa shape index (κ1) is 13.8. The van der Waals surface area contributed by atoms with E-state index in [2.05, 4.69) is 11.6 Å². The maximum absolute atomic E-state index is 5.92. The Kier molecular flexibility index (Phi) is 6.17. The molecule has 0 amide bonds. The van der Waals surface area contributed by atoms with Gasteiger partial charge in [0, 0.05) is 6.54 Å². The average molecular weight is 279 g/mol. The number of benzene rings is 1. The van der Waals surface area contributed by atoms with Gasteiger partial charge in [0.25, 0.3) is 0 Å². The Morgan fingerprint density at radius 3 is 2.62 bits per heavy atom. The summed E-state index contributed by atoms with van der Waals surface area (Å²) in [6, 6.07) is 3.45. The van der Waals surface area contributed by atoms with Crippen LogP contribution in [0.25, 0.3) is 0 Å². The molecule has 0 fully saturated rings. The first-order valence-electron chi connectivity index (χ1n) is 5.12. The quantitative estimate of drug-likeness (QED) is 0.607. The van der Waals surface area contributed by atoms with Crippen LogP contribution in [-0.4, -0.2) is 18.6 Å². The molecule has 90 valence electrons. The van der Waals surface area contributed by atoms with Crippen LogP contribution in [-0.2, 0) is 0 Å². The summed E-state index contributed by atoms with van der Waals surface area (Å²) in [4.78, 5) is 0. The van der Waals surface area contributed by atoms with Crippen molar-refractivity contribution in [1.82, 2.24) is 0 Å². The third-order valence-corrected chi connectivity index (χ3v) is 3.60. The lowest BCUT2D eigenvalue weighted by Gasteiger charge is -2.10. The summed E-state index contributed by atoms with van der Waals surface area (Å²) < 4.78 is 0. The van der Waals surface area contributed by atoms with E-state index in [9.17, 15) is 0 Å². The molecule has 0 bridgehead atoms. The lowest BCUT2D eigenvalue weighted by molar-refractivity contribution is 0.843. The Morgan fingerprint density at radius 2 is 1.94 bits per heavy atom. The Balaban J connectivity index is 2.45. The number of nitrogen functional groups attached to an aromatic ring is 1. The average Bonchev–Trinajstić information content (AvgIpc) is 2.25. The second-order valence-electron chi connectivity index (χ2n) is 3.48. The standard InChI is InChI=1S/C11H16Cl2N2S/c1-16-5-3-2-4-15-11-7-9(13)8(12)6-10(11)14/h6-7,15H,2-5,14H2,1H3. The number of hydrogen-bond acceptors (Lipinski definition) is 3. The molecule has 5 heteroatoms. The largest absolute Gasteiger partial charge is 0.397 e. The molecular weight excluding hydrogens is 263 g/mol. The summed E-state index contributed by atoms with van der Waals surface area (Å²) in [5.74, 6) is 1.19. The molecule has 3 N–H and O–H groups in total. The van der Waals surface area contributed by atoms with Crippen molar-refractivity contribution in [2.75, 3.05) is 29.6 Å². The van der Waals surface area contributed by atoms with E-state index >= 15 is 0 Å². The highest BCUT2D eigenvalue weighted by atomic mass is 35.5. The van der Waals surface area contributed by atoms with Crippen molar-refractivity contribution in [1.29, 1.82) is 0 Å². The fourth-order valence-corrected chi connectivity index (χ4v) is 2.14. The molecule has 0 aliphatic rings. The van der Waals surface area contributed by atoms with E-state index in [0.29, 0.717) is 15.7 Å². The number of anilines is 2. The van der Waals surface area contributed by atoms with E-state index in [1.165, 1.54) is 12.2 Å². The molecular formula is C11H16Cl2N2S. The van der Waals surface area contributed by atoms with Crippen LogP contribution in [0.2, 0.25) is 10.0 Å². The Morgan fingerprint density at radius 1 is 1.25 bits per heavy atom. The Hall–Kier alpha value is -0.250. The highest BCUT2D eigenvalue weighted by Crippen LogP contribution is 2.30. The molecule has 16 heavy (non-hydrogen) atoms. The normalized spacial score (nSPS) is 10.4. The highest BCUT2D eigenvalue weighted by molar-refractivity contribution is 7.98. The van der Waals surface area contributed by atoms with E-state index in [0.717, 1.165) is 18.7 Å². The molecule has 0 aromatic heterocycles. The van der Waals surface area contributed by atoms with Gasteiger partial charge < -0.3 is 11.1 Å². The van der Waals surface area contributed by atoms with Crippen molar-refractivity contribution < 1.29 is 0 Å². The van der Waals surface area contributed by atoms with Crippen molar-refractivity contribution in [3.8, 4) is 0 Å². The van der Waals surface area contributed by atoms with Crippen LogP contribution in [0.5, 0.6) is 0 Å². The molecule has 0 atom stereocenters. The molecule has 0 saturated carbocycles. The van der Waals surface area contributed by atoms with E-state index in [4.69, 9.17) is 28.9 Å². The molecule has 0 unspecified atom stereocenters. The molecule has 0 aliphatic carbocycles. The van der Waals surface area contributed by atoms with Gasteiger partial charge in [-0.15, -0.1) is 0 Å². The summed E-state index contributed by atoms with van der Waals surface area (Å²) in [5.41, 5.74) is 7.32. The predicted octanol–water partition coefficient (Wildman–Crippen LogP) is 4.13. The minimum atomic E-state index is 0.493. The Labute approximate surface area is 111 Å². The molecule has 0 heterocycles. The summed E-state index contributed by atoms with van der Waals surface area (Å²) in [6.07, 6.45) is 4.44. The second-order valence-corrected chi connectivity index (χ2v) is 5.28. The van der Waals surface area contributed by atoms with Gasteiger partial charge in [0.05, 0.1) is 21.4 Å². The smallest absolute Gasteiger partial charge is 0.0614 e. The van der Waals surface area contributed by atoms with E-state index in [1.807, 2.05) is 11.8 Å². The zero-order valence-electron chi connectivity index (χ0n) is 9.22. The second kappa shape index (κ2) is 7.15. The van der Waals surface area contributed by atoms with Gasteiger partial charge in [0.15, 0.2) is 0 Å². The summed E-state index contributed by atoms with van der Waals surface area (Å²) in [7, 11) is 0. The van der Waals surface area contributed by atoms with E-state index in [-0.39, 0.29) is 0 Å². The first-order valence-corrected chi connectivity index (χ1v) is 7.27. The monoisotopic (exact) mass is 278 g/mol. The van der Waals surface area contributed by atoms with Crippen LogP contribution in [0, 0.1) is 0 Å². The predicted molar refractivity (Wildman–Crippen MR) is 77.0 cm³/mol. The first-order chi connectivity index (χ1) is 7.65. The highest BCUT2D eigenvalue weighted by Gasteiger charge is 2.04. The van der Waals surface area contributed by atoms with Gasteiger partial charge in [0.1, 0.15) is 0 Å². The fraction of sp³-hybridized carbons (Fsp3) is 0.455. The summed E-state index contributed by atoms with van der Waals surface area (Å²) >= 11 is 13.6. The molecule has 1 rings (SSSR count). The third-order valence-electron chi connectivity index (χ3n) is 2.18. The molecule has 0 radical (unpaired) electrons. The van der Waals surface area contributed by atoms with Gasteiger partial charge in [0.2, 0.25) is 0 Å². The fourth-order valence-electron chi connectivity index (χ4n) is 1.31. The third kappa shape index (κ3) is 4.32. The lowest BCUT2D eigenvalue weighted by atomic mass is 10.2. The molecule has 0 aliphatic heterocycles. The zero-order valence-corrected chi connectivity index (χ0v) is 11.6. The van der Waals surface area contributed by atoms with Gasteiger partial charge in [-0.1, -0.05) is 23.2 Å². The zero-order chi connectivity index (χ0) is 12.0. The molecule has 1 aromatic rings. The summed E-state index contributed by atoms with van der Waals surface area (Å²) in [5, 5.41) is 4.29. The molecule has 0 spiro atoms. The van der Waals surface area contributed by atoms with Gasteiger partial charge in [-0.05, 0) is 37.0 Å². The number of rotatable bonds is 6. The number of unbranched alkanes of at least 4 members (excludes halogenated alkanes) is 1.